The third kappa shape index (κ3) is 2.40. The van der Waals surface area contributed by atoms with E-state index < -0.39 is 13.2 Å². The Hall–Kier alpha value is -1.53. The molecule has 2 N–H and O–H groups in total. The third-order valence-electron chi connectivity index (χ3n) is 5.11. The van der Waals surface area contributed by atoms with Crippen LogP contribution in [-0.2, 0) is 15.7 Å². The molecule has 1 heterocycles. The van der Waals surface area contributed by atoms with Gasteiger partial charge in [-0.2, -0.15) is 0 Å². The molecule has 0 saturated carbocycles. The number of hydrogen-bond donors (Lipinski definition) is 2. The summed E-state index contributed by atoms with van der Waals surface area (Å²) in [5, 5.41) is 11.5. The third-order valence-corrected chi connectivity index (χ3v) is 5.11. The van der Waals surface area contributed by atoms with Crippen LogP contribution < -0.4 is 10.8 Å². The number of amides is 1. The van der Waals surface area contributed by atoms with Crippen LogP contribution in [0, 0.1) is 0 Å². The van der Waals surface area contributed by atoms with Crippen LogP contribution in [0.25, 0.3) is 0 Å². The lowest BCUT2D eigenvalue weighted by molar-refractivity contribution is 0.00578. The Morgan fingerprint density at radius 3 is 2.50 bits per heavy atom. The lowest BCUT2D eigenvalue weighted by Gasteiger charge is -2.32. The topological polar surface area (TPSA) is 67.8 Å². The first kappa shape index (κ1) is 15.4. The number of fused-ring (bicyclic) bond motifs is 1. The van der Waals surface area contributed by atoms with Crippen molar-refractivity contribution in [3.63, 3.8) is 0 Å². The molecular formula is C16H22BNO4. The van der Waals surface area contributed by atoms with Crippen molar-refractivity contribution in [3.8, 4) is 0 Å². The fourth-order valence-corrected chi connectivity index (χ4v) is 3.17. The molecule has 1 aromatic carbocycles. The molecule has 0 bridgehead atoms. The molecule has 1 fully saturated rings. The minimum absolute atomic E-state index is 0.144. The monoisotopic (exact) mass is 303 g/mol. The largest absolute Gasteiger partial charge is 0.495 e. The predicted molar refractivity (Wildman–Crippen MR) is 84.4 cm³/mol. The molecule has 0 radical (unpaired) electrons. The number of carbonyl (C=O) groups is 1. The van der Waals surface area contributed by atoms with Gasteiger partial charge >= 0.3 is 13.2 Å². The van der Waals surface area contributed by atoms with Crippen molar-refractivity contribution in [2.45, 2.75) is 57.8 Å². The van der Waals surface area contributed by atoms with Crippen LogP contribution in [-0.4, -0.2) is 29.5 Å². The summed E-state index contributed by atoms with van der Waals surface area (Å²) in [7, 11) is -0.400. The van der Waals surface area contributed by atoms with E-state index in [2.05, 4.69) is 5.32 Å². The maximum atomic E-state index is 10.9. The molecule has 3 rings (SSSR count). The van der Waals surface area contributed by atoms with Crippen molar-refractivity contribution in [2.24, 2.45) is 0 Å². The summed E-state index contributed by atoms with van der Waals surface area (Å²) < 4.78 is 12.3. The van der Waals surface area contributed by atoms with Crippen LogP contribution >= 0.6 is 0 Å². The number of rotatable bonds is 2. The molecule has 1 atom stereocenters. The maximum Gasteiger partial charge on any atom is 0.495 e. The van der Waals surface area contributed by atoms with Crippen LogP contribution in [0.15, 0.2) is 18.2 Å². The summed E-state index contributed by atoms with van der Waals surface area (Å²) in [4.78, 5) is 10.9. The Balaban J connectivity index is 1.92. The molecule has 1 aliphatic carbocycles. The molecular weight excluding hydrogens is 281 g/mol. The van der Waals surface area contributed by atoms with E-state index in [4.69, 9.17) is 14.4 Å². The second-order valence-corrected chi connectivity index (χ2v) is 7.04. The van der Waals surface area contributed by atoms with Gasteiger partial charge in [0.05, 0.1) is 17.2 Å². The molecule has 1 amide bonds. The highest BCUT2D eigenvalue weighted by atomic mass is 16.7. The highest BCUT2D eigenvalue weighted by Crippen LogP contribution is 2.38. The fraction of sp³-hybridized carbons (Fsp3) is 0.562. The Kier molecular flexibility index (Phi) is 3.49. The summed E-state index contributed by atoms with van der Waals surface area (Å²) in [5.41, 5.74) is 2.45. The van der Waals surface area contributed by atoms with Gasteiger partial charge in [0.25, 0.3) is 0 Å². The molecule has 5 nitrogen and oxygen atoms in total. The average molecular weight is 303 g/mol. The molecule has 6 heteroatoms. The van der Waals surface area contributed by atoms with Crippen LogP contribution in [0.3, 0.4) is 0 Å². The molecule has 1 aromatic rings. The van der Waals surface area contributed by atoms with Crippen molar-refractivity contribution < 1.29 is 19.2 Å². The molecule has 2 aliphatic rings. The van der Waals surface area contributed by atoms with Gasteiger partial charge in [-0.1, -0.05) is 18.2 Å². The van der Waals surface area contributed by atoms with Gasteiger partial charge < -0.3 is 19.7 Å². The summed E-state index contributed by atoms with van der Waals surface area (Å²) in [6.07, 6.45) is 0.623. The summed E-state index contributed by atoms with van der Waals surface area (Å²) in [6.45, 7) is 8.13. The molecule has 1 unspecified atom stereocenters. The summed E-state index contributed by atoms with van der Waals surface area (Å²) >= 11 is 0. The minimum Gasteiger partial charge on any atom is -0.465 e. The van der Waals surface area contributed by atoms with E-state index in [1.807, 2.05) is 45.9 Å². The molecule has 0 spiro atoms. The van der Waals surface area contributed by atoms with Crippen molar-refractivity contribution >= 4 is 18.7 Å². The molecule has 118 valence electrons. The zero-order valence-corrected chi connectivity index (χ0v) is 13.5. The SMILES string of the molecule is CC1(C)OB(c2cccc3c2CCC3NC(=O)O)OC1(C)C. The zero-order chi connectivity index (χ0) is 16.1. The van der Waals surface area contributed by atoms with Crippen LogP contribution in [0.1, 0.15) is 51.3 Å². The quantitative estimate of drug-likeness (QED) is 0.822. The summed E-state index contributed by atoms with van der Waals surface area (Å²) in [6, 6.07) is 5.80. The van der Waals surface area contributed by atoms with Crippen molar-refractivity contribution in [3.05, 3.63) is 29.3 Å². The van der Waals surface area contributed by atoms with E-state index in [9.17, 15) is 4.79 Å². The van der Waals surface area contributed by atoms with E-state index in [0.29, 0.717) is 0 Å². The lowest BCUT2D eigenvalue weighted by atomic mass is 9.75. The van der Waals surface area contributed by atoms with E-state index >= 15 is 0 Å². The maximum absolute atomic E-state index is 10.9. The van der Waals surface area contributed by atoms with Gasteiger partial charge in [-0.05, 0) is 57.1 Å². The first-order chi connectivity index (χ1) is 10.2. The van der Waals surface area contributed by atoms with Gasteiger partial charge in [-0.15, -0.1) is 0 Å². The Labute approximate surface area is 131 Å². The van der Waals surface area contributed by atoms with Crippen LogP contribution in [0.2, 0.25) is 0 Å². The average Bonchev–Trinajstić information content (AvgIpc) is 2.88. The highest BCUT2D eigenvalue weighted by Gasteiger charge is 2.52. The minimum atomic E-state index is -0.987. The number of hydrogen-bond acceptors (Lipinski definition) is 3. The standard InChI is InChI=1S/C16H22BNO4/c1-15(2)16(3,4)22-17(21-15)12-7-5-6-11-10(12)8-9-13(11)18-14(19)20/h5-7,13,18H,8-9H2,1-4H3,(H,19,20). The van der Waals surface area contributed by atoms with Crippen LogP contribution in [0.4, 0.5) is 4.79 Å². The smallest absolute Gasteiger partial charge is 0.465 e. The van der Waals surface area contributed by atoms with E-state index in [0.717, 1.165) is 29.4 Å². The number of nitrogens with one attached hydrogen (secondary N) is 1. The van der Waals surface area contributed by atoms with Crippen molar-refractivity contribution in [2.75, 3.05) is 0 Å². The van der Waals surface area contributed by atoms with Gasteiger partial charge in [-0.25, -0.2) is 4.79 Å². The van der Waals surface area contributed by atoms with Gasteiger partial charge in [0.2, 0.25) is 0 Å². The zero-order valence-electron chi connectivity index (χ0n) is 13.5. The second kappa shape index (κ2) is 5.00. The van der Waals surface area contributed by atoms with E-state index in [1.165, 1.54) is 0 Å². The lowest BCUT2D eigenvalue weighted by Crippen LogP contribution is -2.41. The van der Waals surface area contributed by atoms with Gasteiger partial charge in [0.1, 0.15) is 0 Å². The van der Waals surface area contributed by atoms with Gasteiger partial charge in [0.15, 0.2) is 0 Å². The van der Waals surface area contributed by atoms with Gasteiger partial charge in [-0.3, -0.25) is 0 Å². The number of carboxylic acid groups (broad SMARTS) is 1. The Morgan fingerprint density at radius 1 is 1.27 bits per heavy atom. The predicted octanol–water partition coefficient (Wildman–Crippen LogP) is 2.24. The first-order valence-electron chi connectivity index (χ1n) is 7.68. The molecule has 1 saturated heterocycles. The number of benzene rings is 1. The van der Waals surface area contributed by atoms with Crippen LogP contribution in [0.5, 0.6) is 0 Å². The van der Waals surface area contributed by atoms with Crippen molar-refractivity contribution in [1.82, 2.24) is 5.32 Å². The normalized spacial score (nSPS) is 25.1. The molecule has 1 aliphatic heterocycles. The fourth-order valence-electron chi connectivity index (χ4n) is 3.17. The summed E-state index contributed by atoms with van der Waals surface area (Å²) in [5.74, 6) is 0. The molecule has 22 heavy (non-hydrogen) atoms. The van der Waals surface area contributed by atoms with Crippen molar-refractivity contribution in [1.29, 1.82) is 0 Å². The second-order valence-electron chi connectivity index (χ2n) is 7.04. The van der Waals surface area contributed by atoms with Gasteiger partial charge in [0, 0.05) is 0 Å². The van der Waals surface area contributed by atoms with E-state index in [1.54, 1.807) is 0 Å². The first-order valence-corrected chi connectivity index (χ1v) is 7.68. The highest BCUT2D eigenvalue weighted by molar-refractivity contribution is 6.62. The Morgan fingerprint density at radius 2 is 1.91 bits per heavy atom. The Bertz CT molecular complexity index is 598. The molecule has 0 aromatic heterocycles. The van der Waals surface area contributed by atoms with E-state index in [-0.39, 0.29) is 17.2 Å².